The molecule has 1 aromatic carbocycles. The number of pyridine rings is 1. The first kappa shape index (κ1) is 12.7. The summed E-state index contributed by atoms with van der Waals surface area (Å²) >= 11 is 0. The van der Waals surface area contributed by atoms with Gasteiger partial charge in [0.25, 0.3) is 0 Å². The van der Waals surface area contributed by atoms with Gasteiger partial charge in [-0.05, 0) is 30.2 Å². The van der Waals surface area contributed by atoms with E-state index in [1.54, 1.807) is 18.6 Å². The lowest BCUT2D eigenvalue weighted by molar-refractivity contribution is 0.168. The van der Waals surface area contributed by atoms with Gasteiger partial charge in [0.15, 0.2) is 5.82 Å². The lowest BCUT2D eigenvalue weighted by Crippen LogP contribution is -2.07. The Morgan fingerprint density at radius 1 is 1.05 bits per heavy atom. The van der Waals surface area contributed by atoms with E-state index in [0.717, 1.165) is 22.0 Å². The maximum absolute atomic E-state index is 10.3. The van der Waals surface area contributed by atoms with Gasteiger partial charge in [0.05, 0.1) is 5.52 Å². The molecule has 3 rings (SSSR count). The van der Waals surface area contributed by atoms with E-state index in [1.165, 1.54) is 0 Å². The topological polar surface area (TPSA) is 58.9 Å². The van der Waals surface area contributed by atoms with Crippen molar-refractivity contribution in [2.45, 2.75) is 19.4 Å². The first-order chi connectivity index (χ1) is 9.74. The summed E-state index contributed by atoms with van der Waals surface area (Å²) in [7, 11) is 0. The third-order valence-electron chi connectivity index (χ3n) is 3.25. The van der Waals surface area contributed by atoms with Crippen molar-refractivity contribution in [1.29, 1.82) is 0 Å². The first-order valence-corrected chi connectivity index (χ1v) is 6.53. The highest BCUT2D eigenvalue weighted by Gasteiger charge is 2.13. The number of fused-ring (bicyclic) bond motifs is 1. The molecule has 2 aromatic heterocycles. The number of benzene rings is 1. The van der Waals surface area contributed by atoms with E-state index in [2.05, 4.69) is 15.0 Å². The van der Waals surface area contributed by atoms with Gasteiger partial charge in [-0.1, -0.05) is 18.2 Å². The molecule has 0 saturated heterocycles. The number of para-hydroxylation sites is 1. The summed E-state index contributed by atoms with van der Waals surface area (Å²) in [5.74, 6) is 0.455. The van der Waals surface area contributed by atoms with Crippen LogP contribution >= 0.6 is 0 Å². The van der Waals surface area contributed by atoms with Crippen LogP contribution in [0, 0.1) is 6.92 Å². The summed E-state index contributed by atoms with van der Waals surface area (Å²) in [5, 5.41) is 11.3. The number of hydrogen-bond donors (Lipinski definition) is 1. The summed E-state index contributed by atoms with van der Waals surface area (Å²) in [4.78, 5) is 12.7. The Bertz CT molecular complexity index is 720. The highest BCUT2D eigenvalue weighted by atomic mass is 16.3. The van der Waals surface area contributed by atoms with E-state index in [1.807, 2.05) is 37.3 Å². The summed E-state index contributed by atoms with van der Waals surface area (Å²) in [5.41, 5.74) is 2.96. The monoisotopic (exact) mass is 265 g/mol. The highest BCUT2D eigenvalue weighted by Crippen LogP contribution is 2.21. The maximum Gasteiger partial charge on any atom is 0.157 e. The predicted octanol–water partition coefficient (Wildman–Crippen LogP) is 2.61. The average molecular weight is 265 g/mol. The molecule has 1 unspecified atom stereocenters. The lowest BCUT2D eigenvalue weighted by atomic mass is 10.0. The summed E-state index contributed by atoms with van der Waals surface area (Å²) in [6, 6.07) is 9.84. The van der Waals surface area contributed by atoms with Gasteiger partial charge in [0.1, 0.15) is 6.10 Å². The smallest absolute Gasteiger partial charge is 0.157 e. The van der Waals surface area contributed by atoms with Crippen LogP contribution in [0.3, 0.4) is 0 Å². The Kier molecular flexibility index (Phi) is 3.39. The molecule has 0 spiro atoms. The van der Waals surface area contributed by atoms with Crippen molar-refractivity contribution in [3.63, 3.8) is 0 Å². The Morgan fingerprint density at radius 3 is 2.60 bits per heavy atom. The molecule has 20 heavy (non-hydrogen) atoms. The zero-order valence-electron chi connectivity index (χ0n) is 11.2. The Hall–Kier alpha value is -2.33. The van der Waals surface area contributed by atoms with Gasteiger partial charge in [-0.2, -0.15) is 0 Å². The minimum absolute atomic E-state index is 0.455. The largest absolute Gasteiger partial charge is 0.385 e. The van der Waals surface area contributed by atoms with Crippen molar-refractivity contribution in [2.75, 3.05) is 0 Å². The fourth-order valence-electron chi connectivity index (χ4n) is 2.21. The molecule has 0 aliphatic rings. The second kappa shape index (κ2) is 5.35. The zero-order valence-corrected chi connectivity index (χ0v) is 11.2. The molecule has 0 aliphatic heterocycles. The van der Waals surface area contributed by atoms with E-state index >= 15 is 0 Å². The lowest BCUT2D eigenvalue weighted by Gasteiger charge is -2.11. The summed E-state index contributed by atoms with van der Waals surface area (Å²) < 4.78 is 0. The molecule has 1 atom stereocenters. The van der Waals surface area contributed by atoms with E-state index in [0.29, 0.717) is 12.2 Å². The van der Waals surface area contributed by atoms with Crippen molar-refractivity contribution >= 4 is 10.9 Å². The summed E-state index contributed by atoms with van der Waals surface area (Å²) in [6.45, 7) is 1.92. The van der Waals surface area contributed by atoms with E-state index in [-0.39, 0.29) is 0 Å². The number of hydrogen-bond acceptors (Lipinski definition) is 4. The van der Waals surface area contributed by atoms with Crippen molar-refractivity contribution in [1.82, 2.24) is 15.0 Å². The molecule has 2 heterocycles. The SMILES string of the molecule is Cc1cnc(C(O)Cc2ccnc3ccccc23)nc1. The number of aliphatic hydroxyl groups is 1. The maximum atomic E-state index is 10.3. The van der Waals surface area contributed by atoms with E-state index in [9.17, 15) is 5.11 Å². The first-order valence-electron chi connectivity index (χ1n) is 6.53. The molecule has 0 radical (unpaired) electrons. The van der Waals surface area contributed by atoms with Gasteiger partial charge < -0.3 is 5.11 Å². The van der Waals surface area contributed by atoms with Crippen LogP contribution in [-0.4, -0.2) is 20.1 Å². The standard InChI is InChI=1S/C16H15N3O/c1-11-9-18-16(19-10-11)15(20)8-12-6-7-17-14-5-3-2-4-13(12)14/h2-7,9-10,15,20H,8H2,1H3. The Balaban J connectivity index is 1.91. The van der Waals surface area contributed by atoms with Crippen LogP contribution in [0.2, 0.25) is 0 Å². The molecule has 0 fully saturated rings. The molecule has 3 aromatic rings. The fourth-order valence-corrected chi connectivity index (χ4v) is 2.21. The summed E-state index contributed by atoms with van der Waals surface area (Å²) in [6.07, 6.45) is 4.97. The van der Waals surface area contributed by atoms with Crippen LogP contribution in [-0.2, 0) is 6.42 Å². The van der Waals surface area contributed by atoms with Gasteiger partial charge in [-0.3, -0.25) is 4.98 Å². The molecule has 0 saturated carbocycles. The van der Waals surface area contributed by atoms with E-state index < -0.39 is 6.10 Å². The number of aliphatic hydroxyl groups excluding tert-OH is 1. The van der Waals surface area contributed by atoms with Gasteiger partial charge >= 0.3 is 0 Å². The fraction of sp³-hybridized carbons (Fsp3) is 0.188. The third-order valence-corrected chi connectivity index (χ3v) is 3.25. The second-order valence-corrected chi connectivity index (χ2v) is 4.83. The molecule has 1 N–H and O–H groups in total. The van der Waals surface area contributed by atoms with Crippen LogP contribution in [0.4, 0.5) is 0 Å². The van der Waals surface area contributed by atoms with E-state index in [4.69, 9.17) is 0 Å². The Morgan fingerprint density at radius 2 is 1.80 bits per heavy atom. The normalized spacial score (nSPS) is 12.5. The Labute approximate surface area is 117 Å². The quantitative estimate of drug-likeness (QED) is 0.790. The van der Waals surface area contributed by atoms with Gasteiger partial charge in [-0.15, -0.1) is 0 Å². The highest BCUT2D eigenvalue weighted by molar-refractivity contribution is 5.81. The van der Waals surface area contributed by atoms with Crippen molar-refractivity contribution < 1.29 is 5.11 Å². The number of aromatic nitrogens is 3. The van der Waals surface area contributed by atoms with Gasteiger partial charge in [-0.25, -0.2) is 9.97 Å². The molecular weight excluding hydrogens is 250 g/mol. The third kappa shape index (κ3) is 2.51. The van der Waals surface area contributed by atoms with Gasteiger partial charge in [0.2, 0.25) is 0 Å². The van der Waals surface area contributed by atoms with Gasteiger partial charge in [0, 0.05) is 30.4 Å². The van der Waals surface area contributed by atoms with Crippen molar-refractivity contribution in [2.24, 2.45) is 0 Å². The van der Waals surface area contributed by atoms with Crippen molar-refractivity contribution in [3.05, 3.63) is 65.9 Å². The minimum atomic E-state index is -0.707. The zero-order chi connectivity index (χ0) is 13.9. The van der Waals surface area contributed by atoms with Crippen molar-refractivity contribution in [3.8, 4) is 0 Å². The average Bonchev–Trinajstić information content (AvgIpc) is 2.48. The number of rotatable bonds is 3. The molecule has 100 valence electrons. The minimum Gasteiger partial charge on any atom is -0.385 e. The molecule has 4 nitrogen and oxygen atoms in total. The van der Waals surface area contributed by atoms with Crippen LogP contribution in [0.1, 0.15) is 23.1 Å². The molecule has 0 aliphatic carbocycles. The number of nitrogens with zero attached hydrogens (tertiary/aromatic N) is 3. The van der Waals surface area contributed by atoms with Crippen LogP contribution in [0.15, 0.2) is 48.9 Å². The van der Waals surface area contributed by atoms with Crippen LogP contribution in [0.25, 0.3) is 10.9 Å². The molecule has 4 heteroatoms. The second-order valence-electron chi connectivity index (χ2n) is 4.83. The number of aryl methyl sites for hydroxylation is 1. The molecule has 0 bridgehead atoms. The van der Waals surface area contributed by atoms with Crippen LogP contribution in [0.5, 0.6) is 0 Å². The molecule has 0 amide bonds. The predicted molar refractivity (Wildman–Crippen MR) is 77.2 cm³/mol. The van der Waals surface area contributed by atoms with Crippen LogP contribution < -0.4 is 0 Å². The molecular formula is C16H15N3O.